The molecule has 4 rings (SSSR count). The third-order valence-electron chi connectivity index (χ3n) is 6.06. The number of hydrogen-bond donors (Lipinski definition) is 2. The molecule has 0 saturated heterocycles. The minimum Gasteiger partial charge on any atom is -0.493 e. The molecule has 4 aromatic rings. The number of nitrogens with one attached hydrogen (secondary N) is 2. The fourth-order valence-corrected chi connectivity index (χ4v) is 4.71. The van der Waals surface area contributed by atoms with Crippen molar-refractivity contribution in [3.63, 3.8) is 0 Å². The highest BCUT2D eigenvalue weighted by molar-refractivity contribution is 14.1. The lowest BCUT2D eigenvalue weighted by atomic mass is 10.2. The molecule has 0 aliphatic rings. The molecule has 10 heteroatoms. The molecule has 0 atom stereocenters. The van der Waals surface area contributed by atoms with Crippen molar-refractivity contribution in [2.75, 3.05) is 25.6 Å². The molecule has 9 nitrogen and oxygen atoms in total. The van der Waals surface area contributed by atoms with Gasteiger partial charge in [-0.05, 0) is 90.0 Å². The van der Waals surface area contributed by atoms with Crippen LogP contribution in [0.4, 0.5) is 5.69 Å². The van der Waals surface area contributed by atoms with Crippen LogP contribution in [0, 0.1) is 10.5 Å². The number of halogens is 1. The highest BCUT2D eigenvalue weighted by Gasteiger charge is 2.15. The summed E-state index contributed by atoms with van der Waals surface area (Å²) < 4.78 is 23.6. The molecule has 222 valence electrons. The first-order chi connectivity index (χ1) is 20.9. The Hall–Kier alpha value is -4.58. The van der Waals surface area contributed by atoms with Crippen LogP contribution in [0.1, 0.15) is 34.0 Å². The van der Waals surface area contributed by atoms with Crippen molar-refractivity contribution >= 4 is 46.3 Å². The summed E-state index contributed by atoms with van der Waals surface area (Å²) in [6.07, 6.45) is 1.50. The molecule has 2 amide bonds. The number of carbonyl (C=O) groups is 2. The fraction of sp³-hybridized carbons (Fsp3) is 0.182. The van der Waals surface area contributed by atoms with Gasteiger partial charge in [0.1, 0.15) is 6.61 Å². The van der Waals surface area contributed by atoms with Gasteiger partial charge in [-0.25, -0.2) is 5.43 Å². The Bertz CT molecular complexity index is 1580. The van der Waals surface area contributed by atoms with Crippen molar-refractivity contribution in [2.24, 2.45) is 5.10 Å². The van der Waals surface area contributed by atoms with Crippen LogP contribution in [0.3, 0.4) is 0 Å². The molecule has 43 heavy (non-hydrogen) atoms. The molecule has 0 saturated carbocycles. The zero-order chi connectivity index (χ0) is 30.6. The average molecular weight is 694 g/mol. The Morgan fingerprint density at radius 1 is 0.884 bits per heavy atom. The van der Waals surface area contributed by atoms with E-state index < -0.39 is 5.91 Å². The number of hydrogen-bond acceptors (Lipinski definition) is 7. The molecular formula is C33H32IN3O6. The largest absolute Gasteiger partial charge is 0.493 e. The van der Waals surface area contributed by atoms with Crippen molar-refractivity contribution in [3.8, 4) is 23.0 Å². The fourth-order valence-electron chi connectivity index (χ4n) is 3.93. The van der Waals surface area contributed by atoms with Crippen molar-refractivity contribution in [1.82, 2.24) is 5.43 Å². The second kappa shape index (κ2) is 15.6. The first kappa shape index (κ1) is 31.4. The van der Waals surface area contributed by atoms with Gasteiger partial charge in [0.05, 0.1) is 23.5 Å². The predicted octanol–water partition coefficient (Wildman–Crippen LogP) is 6.37. The van der Waals surface area contributed by atoms with Gasteiger partial charge in [0.25, 0.3) is 11.8 Å². The lowest BCUT2D eigenvalue weighted by Crippen LogP contribution is -2.20. The van der Waals surface area contributed by atoms with Crippen LogP contribution in [-0.4, -0.2) is 38.4 Å². The maximum absolute atomic E-state index is 12.8. The van der Waals surface area contributed by atoms with Gasteiger partial charge in [-0.15, -0.1) is 0 Å². The van der Waals surface area contributed by atoms with Crippen molar-refractivity contribution in [2.45, 2.75) is 20.5 Å². The van der Waals surface area contributed by atoms with E-state index in [4.69, 9.17) is 18.9 Å². The summed E-state index contributed by atoms with van der Waals surface area (Å²) in [6.45, 7) is 4.45. The third kappa shape index (κ3) is 9.20. The van der Waals surface area contributed by atoms with Crippen LogP contribution in [0.5, 0.6) is 23.0 Å². The average Bonchev–Trinajstić information content (AvgIpc) is 3.01. The Kier molecular flexibility index (Phi) is 11.4. The number of amides is 2. The van der Waals surface area contributed by atoms with Gasteiger partial charge in [-0.2, -0.15) is 5.10 Å². The van der Waals surface area contributed by atoms with Gasteiger partial charge in [0.15, 0.2) is 29.6 Å². The molecule has 0 aromatic heterocycles. The zero-order valence-electron chi connectivity index (χ0n) is 24.1. The van der Waals surface area contributed by atoms with Gasteiger partial charge < -0.3 is 24.3 Å². The van der Waals surface area contributed by atoms with Crippen LogP contribution in [0.25, 0.3) is 0 Å². The van der Waals surface area contributed by atoms with E-state index >= 15 is 0 Å². The Morgan fingerprint density at radius 3 is 2.37 bits per heavy atom. The van der Waals surface area contributed by atoms with E-state index in [0.29, 0.717) is 56.6 Å². The van der Waals surface area contributed by atoms with Gasteiger partial charge >= 0.3 is 0 Å². The van der Waals surface area contributed by atoms with Gasteiger partial charge in [0.2, 0.25) is 0 Å². The lowest BCUT2D eigenvalue weighted by Gasteiger charge is -2.14. The number of anilines is 1. The highest BCUT2D eigenvalue weighted by Crippen LogP contribution is 2.34. The number of hydrazone groups is 1. The molecule has 4 aromatic carbocycles. The number of ether oxygens (including phenoxy) is 4. The van der Waals surface area contributed by atoms with Crippen molar-refractivity contribution in [1.29, 1.82) is 0 Å². The second-order valence-corrected chi connectivity index (χ2v) is 10.5. The summed E-state index contributed by atoms with van der Waals surface area (Å²) in [4.78, 5) is 25.2. The summed E-state index contributed by atoms with van der Waals surface area (Å²) in [5.74, 6) is 1.17. The van der Waals surface area contributed by atoms with E-state index in [0.717, 1.165) is 11.1 Å². The first-order valence-electron chi connectivity index (χ1n) is 13.5. The van der Waals surface area contributed by atoms with E-state index in [1.165, 1.54) is 13.3 Å². The molecule has 0 spiro atoms. The van der Waals surface area contributed by atoms with Gasteiger partial charge in [-0.3, -0.25) is 9.59 Å². The van der Waals surface area contributed by atoms with Gasteiger partial charge in [-0.1, -0.05) is 48.0 Å². The molecule has 2 N–H and O–H groups in total. The second-order valence-electron chi connectivity index (χ2n) is 9.30. The summed E-state index contributed by atoms with van der Waals surface area (Å²) >= 11 is 2.10. The minimum absolute atomic E-state index is 0.191. The molecule has 0 radical (unpaired) electrons. The van der Waals surface area contributed by atoms with Gasteiger partial charge in [0, 0.05) is 11.3 Å². The number of nitrogens with zero attached hydrogens (tertiary/aromatic N) is 1. The number of aryl methyl sites for hydroxylation is 1. The number of methoxy groups -OCH3 is 1. The Balaban J connectivity index is 1.36. The molecule has 0 fully saturated rings. The predicted molar refractivity (Wildman–Crippen MR) is 174 cm³/mol. The van der Waals surface area contributed by atoms with Crippen LogP contribution in [-0.2, 0) is 11.4 Å². The van der Waals surface area contributed by atoms with Crippen LogP contribution in [0.15, 0.2) is 90.0 Å². The van der Waals surface area contributed by atoms with Crippen LogP contribution < -0.4 is 29.7 Å². The van der Waals surface area contributed by atoms with Crippen molar-refractivity contribution in [3.05, 3.63) is 111 Å². The number of rotatable bonds is 13. The molecule has 0 aliphatic carbocycles. The molecule has 0 bridgehead atoms. The van der Waals surface area contributed by atoms with E-state index in [-0.39, 0.29) is 12.5 Å². The lowest BCUT2D eigenvalue weighted by molar-refractivity contribution is -0.118. The third-order valence-corrected chi connectivity index (χ3v) is 6.86. The maximum atomic E-state index is 12.8. The SMILES string of the molecule is CCOc1cc(C(=O)N/N=C/c2cc(I)c(OCC(=O)Nc3ccc(C)cc3)c(OC)c2)ccc1OCc1ccccc1. The standard InChI is InChI=1S/C33H32IN3O6/c1-4-41-29-18-25(12-15-28(29)42-20-23-8-6-5-7-9-23)33(39)37-35-19-24-16-27(34)32(30(17-24)40-3)43-21-31(38)36-26-13-10-22(2)11-14-26/h5-19H,4,20-21H2,1-3H3,(H,36,38)(H,37,39)/b35-19+. The highest BCUT2D eigenvalue weighted by atomic mass is 127. The molecule has 0 aliphatic heterocycles. The van der Waals surface area contributed by atoms with E-state index in [1.54, 1.807) is 30.3 Å². The summed E-state index contributed by atoms with van der Waals surface area (Å²) in [5, 5.41) is 6.91. The summed E-state index contributed by atoms with van der Waals surface area (Å²) in [6, 6.07) is 25.8. The summed E-state index contributed by atoms with van der Waals surface area (Å²) in [7, 11) is 1.51. The number of carbonyl (C=O) groups excluding carboxylic acids is 2. The topological polar surface area (TPSA) is 107 Å². The number of benzene rings is 4. The van der Waals surface area contributed by atoms with E-state index in [1.807, 2.05) is 68.4 Å². The molecular weight excluding hydrogens is 661 g/mol. The zero-order valence-corrected chi connectivity index (χ0v) is 26.2. The van der Waals surface area contributed by atoms with E-state index in [2.05, 4.69) is 38.4 Å². The Morgan fingerprint density at radius 2 is 1.65 bits per heavy atom. The normalized spacial score (nSPS) is 10.7. The monoisotopic (exact) mass is 693 g/mol. The smallest absolute Gasteiger partial charge is 0.271 e. The quantitative estimate of drug-likeness (QED) is 0.0959. The Labute approximate surface area is 264 Å². The van der Waals surface area contributed by atoms with Crippen LogP contribution >= 0.6 is 22.6 Å². The molecule has 0 unspecified atom stereocenters. The van der Waals surface area contributed by atoms with Crippen molar-refractivity contribution < 1.29 is 28.5 Å². The first-order valence-corrected chi connectivity index (χ1v) is 14.6. The maximum Gasteiger partial charge on any atom is 0.271 e. The molecule has 0 heterocycles. The summed E-state index contributed by atoms with van der Waals surface area (Å²) in [5.41, 5.74) is 6.39. The van der Waals surface area contributed by atoms with Crippen LogP contribution in [0.2, 0.25) is 0 Å². The minimum atomic E-state index is -0.409. The van der Waals surface area contributed by atoms with E-state index in [9.17, 15) is 9.59 Å².